The molecule has 0 aromatic carbocycles. The summed E-state index contributed by atoms with van der Waals surface area (Å²) in [7, 11) is -3.08. The van der Waals surface area contributed by atoms with Crippen LogP contribution in [0.15, 0.2) is 12.4 Å². The van der Waals surface area contributed by atoms with Crippen LogP contribution in [0, 0.1) is 5.92 Å². The molecule has 0 saturated heterocycles. The molecule has 2 heterocycles. The van der Waals surface area contributed by atoms with Gasteiger partial charge in [-0.15, -0.1) is 0 Å². The summed E-state index contributed by atoms with van der Waals surface area (Å²) in [4.78, 5) is 4.29. The Morgan fingerprint density at radius 3 is 3.17 bits per heavy atom. The normalized spacial score (nSPS) is 19.7. The minimum atomic E-state index is -3.08. The quantitative estimate of drug-likeness (QED) is 0.844. The molecule has 0 unspecified atom stereocenters. The molecule has 0 bridgehead atoms. The molecule has 0 fully saturated rings. The first-order chi connectivity index (χ1) is 8.61. The number of rotatable bonds is 6. The van der Waals surface area contributed by atoms with Crippen LogP contribution in [0.1, 0.15) is 32.0 Å². The fraction of sp³-hybridized carbons (Fsp3) is 0.750. The van der Waals surface area contributed by atoms with Crippen LogP contribution in [0.25, 0.3) is 0 Å². The number of fused-ring (bicyclic) bond motifs is 1. The Balaban J connectivity index is 1.82. The van der Waals surface area contributed by atoms with E-state index in [2.05, 4.69) is 14.3 Å². The lowest BCUT2D eigenvalue weighted by molar-refractivity contribution is 0.379. The Morgan fingerprint density at radius 2 is 2.39 bits per heavy atom. The molecule has 0 saturated carbocycles. The van der Waals surface area contributed by atoms with Crippen LogP contribution in [0.4, 0.5) is 0 Å². The third-order valence-electron chi connectivity index (χ3n) is 3.41. The molecule has 102 valence electrons. The predicted molar refractivity (Wildman–Crippen MR) is 70.7 cm³/mol. The van der Waals surface area contributed by atoms with Gasteiger partial charge in [0.1, 0.15) is 5.82 Å². The van der Waals surface area contributed by atoms with Crippen LogP contribution < -0.4 is 4.72 Å². The van der Waals surface area contributed by atoms with E-state index in [9.17, 15) is 8.42 Å². The maximum Gasteiger partial charge on any atom is 0.211 e. The number of imidazole rings is 1. The molecule has 5 nitrogen and oxygen atoms in total. The molecular weight excluding hydrogens is 250 g/mol. The van der Waals surface area contributed by atoms with E-state index in [-0.39, 0.29) is 5.75 Å². The predicted octanol–water partition coefficient (Wildman–Crippen LogP) is 1.16. The second kappa shape index (κ2) is 5.84. The van der Waals surface area contributed by atoms with Gasteiger partial charge in [-0.1, -0.05) is 13.3 Å². The zero-order chi connectivity index (χ0) is 13.0. The minimum absolute atomic E-state index is 0.241. The van der Waals surface area contributed by atoms with Crippen molar-refractivity contribution in [3.63, 3.8) is 0 Å². The van der Waals surface area contributed by atoms with Crippen LogP contribution in [0.5, 0.6) is 0 Å². The molecule has 0 spiro atoms. The summed E-state index contributed by atoms with van der Waals surface area (Å²) in [5.74, 6) is 1.68. The zero-order valence-corrected chi connectivity index (χ0v) is 11.6. The molecule has 18 heavy (non-hydrogen) atoms. The van der Waals surface area contributed by atoms with Crippen molar-refractivity contribution in [1.29, 1.82) is 0 Å². The number of hydrogen-bond acceptors (Lipinski definition) is 3. The number of hydrogen-bond donors (Lipinski definition) is 1. The third-order valence-corrected chi connectivity index (χ3v) is 4.84. The molecule has 1 aromatic rings. The van der Waals surface area contributed by atoms with E-state index in [1.165, 1.54) is 0 Å². The smallest absolute Gasteiger partial charge is 0.211 e. The molecule has 1 aromatic heterocycles. The van der Waals surface area contributed by atoms with E-state index in [1.54, 1.807) is 0 Å². The Bertz CT molecular complexity index is 481. The minimum Gasteiger partial charge on any atom is -0.335 e. The molecule has 2 rings (SSSR count). The highest BCUT2D eigenvalue weighted by molar-refractivity contribution is 7.89. The van der Waals surface area contributed by atoms with E-state index in [1.807, 2.05) is 19.3 Å². The number of nitrogens with zero attached hydrogens (tertiary/aromatic N) is 2. The Morgan fingerprint density at radius 1 is 1.56 bits per heavy atom. The fourth-order valence-corrected chi connectivity index (χ4v) is 3.54. The van der Waals surface area contributed by atoms with Gasteiger partial charge in [0.2, 0.25) is 10.0 Å². The van der Waals surface area contributed by atoms with E-state index >= 15 is 0 Å². The largest absolute Gasteiger partial charge is 0.335 e. The maximum absolute atomic E-state index is 11.7. The third kappa shape index (κ3) is 3.55. The zero-order valence-electron chi connectivity index (χ0n) is 10.8. The topological polar surface area (TPSA) is 64.0 Å². The van der Waals surface area contributed by atoms with Gasteiger partial charge in [-0.25, -0.2) is 18.1 Å². The Hall–Kier alpha value is -0.880. The van der Waals surface area contributed by atoms with Gasteiger partial charge in [-0.2, -0.15) is 0 Å². The van der Waals surface area contributed by atoms with Crippen LogP contribution in [0.2, 0.25) is 0 Å². The van der Waals surface area contributed by atoms with Crippen LogP contribution in [0.3, 0.4) is 0 Å². The van der Waals surface area contributed by atoms with E-state index in [4.69, 9.17) is 0 Å². The van der Waals surface area contributed by atoms with Gasteiger partial charge in [0.15, 0.2) is 0 Å². The lowest BCUT2D eigenvalue weighted by Gasteiger charge is -2.23. The SMILES string of the molecule is CCCCS(=O)(=O)NC[C@@H]1CCn2ccnc2C1. The van der Waals surface area contributed by atoms with Crippen LogP contribution in [-0.4, -0.2) is 30.3 Å². The van der Waals surface area contributed by atoms with Gasteiger partial charge in [-0.05, 0) is 18.8 Å². The van der Waals surface area contributed by atoms with Gasteiger partial charge >= 0.3 is 0 Å². The summed E-state index contributed by atoms with van der Waals surface area (Å²) in [6.45, 7) is 3.48. The van der Waals surface area contributed by atoms with E-state index in [0.29, 0.717) is 12.5 Å². The Labute approximate surface area is 109 Å². The summed E-state index contributed by atoms with van der Waals surface area (Å²) < 4.78 is 28.3. The number of sulfonamides is 1. The van der Waals surface area contributed by atoms with Crippen LogP contribution >= 0.6 is 0 Å². The summed E-state index contributed by atoms with van der Waals surface area (Å²) in [5.41, 5.74) is 0. The molecule has 1 atom stereocenters. The van der Waals surface area contributed by atoms with E-state index in [0.717, 1.165) is 38.1 Å². The van der Waals surface area contributed by atoms with Gasteiger partial charge in [-0.3, -0.25) is 0 Å². The summed E-state index contributed by atoms with van der Waals surface area (Å²) in [6.07, 6.45) is 7.30. The standard InChI is InChI=1S/C12H21N3O2S/c1-2-3-8-18(16,17)14-10-11-4-6-15-7-5-13-12(15)9-11/h5,7,11,14H,2-4,6,8-10H2,1H3/t11-/m1/s1. The highest BCUT2D eigenvalue weighted by Crippen LogP contribution is 2.18. The number of aromatic nitrogens is 2. The molecule has 1 aliphatic rings. The number of aryl methyl sites for hydroxylation is 1. The van der Waals surface area contributed by atoms with Crippen molar-refractivity contribution in [2.24, 2.45) is 5.92 Å². The second-order valence-corrected chi connectivity index (χ2v) is 6.84. The number of unbranched alkanes of at least 4 members (excludes halogenated alkanes) is 1. The first kappa shape index (κ1) is 13.5. The monoisotopic (exact) mass is 271 g/mol. The molecule has 1 N–H and O–H groups in total. The highest BCUT2D eigenvalue weighted by Gasteiger charge is 2.20. The first-order valence-electron chi connectivity index (χ1n) is 6.58. The molecule has 6 heteroatoms. The fourth-order valence-electron chi connectivity index (χ4n) is 2.24. The van der Waals surface area contributed by atoms with Gasteiger partial charge in [0.05, 0.1) is 5.75 Å². The average molecular weight is 271 g/mol. The van der Waals surface area contributed by atoms with Gasteiger partial charge in [0, 0.05) is 31.9 Å². The molecule has 1 aliphatic heterocycles. The maximum atomic E-state index is 11.7. The molecule has 0 aliphatic carbocycles. The van der Waals surface area contributed by atoms with Crippen molar-refractivity contribution in [2.75, 3.05) is 12.3 Å². The van der Waals surface area contributed by atoms with Crippen molar-refractivity contribution in [3.05, 3.63) is 18.2 Å². The summed E-state index contributed by atoms with van der Waals surface area (Å²) in [5, 5.41) is 0. The first-order valence-corrected chi connectivity index (χ1v) is 8.23. The van der Waals surface area contributed by atoms with Crippen molar-refractivity contribution >= 4 is 10.0 Å². The van der Waals surface area contributed by atoms with Crippen molar-refractivity contribution in [1.82, 2.24) is 14.3 Å². The average Bonchev–Trinajstić information content (AvgIpc) is 2.81. The van der Waals surface area contributed by atoms with Gasteiger partial charge < -0.3 is 4.57 Å². The van der Waals surface area contributed by atoms with Gasteiger partial charge in [0.25, 0.3) is 0 Å². The molecular formula is C12H21N3O2S. The lowest BCUT2D eigenvalue weighted by atomic mass is 9.98. The van der Waals surface area contributed by atoms with Crippen molar-refractivity contribution in [3.8, 4) is 0 Å². The summed E-state index contributed by atoms with van der Waals surface area (Å²) >= 11 is 0. The second-order valence-electron chi connectivity index (χ2n) is 4.92. The van der Waals surface area contributed by atoms with E-state index < -0.39 is 10.0 Å². The number of nitrogens with one attached hydrogen (secondary N) is 1. The van der Waals surface area contributed by atoms with Crippen molar-refractivity contribution < 1.29 is 8.42 Å². The molecule has 0 amide bonds. The summed E-state index contributed by atoms with van der Waals surface area (Å²) in [6, 6.07) is 0. The molecule has 0 radical (unpaired) electrons. The highest BCUT2D eigenvalue weighted by atomic mass is 32.2. The van der Waals surface area contributed by atoms with Crippen molar-refractivity contribution in [2.45, 2.75) is 39.2 Å². The lowest BCUT2D eigenvalue weighted by Crippen LogP contribution is -2.34. The van der Waals surface area contributed by atoms with Crippen LogP contribution in [-0.2, 0) is 23.0 Å². The Kier molecular flexibility index (Phi) is 4.40.